The number of carbonyl (C=O) groups is 1. The zero-order valence-corrected chi connectivity index (χ0v) is 15.9. The molecule has 0 bridgehead atoms. The Morgan fingerprint density at radius 3 is 2.73 bits per heavy atom. The first kappa shape index (κ1) is 17.2. The van der Waals surface area contributed by atoms with E-state index in [4.69, 9.17) is 9.47 Å². The van der Waals surface area contributed by atoms with E-state index in [1.807, 2.05) is 53.4 Å². The van der Waals surface area contributed by atoms with Crippen LogP contribution < -0.4 is 9.47 Å². The Kier molecular flexibility index (Phi) is 4.99. The number of benzene rings is 2. The summed E-state index contributed by atoms with van der Waals surface area (Å²) in [6, 6.07) is 15.7. The van der Waals surface area contributed by atoms with Crippen molar-refractivity contribution in [3.8, 4) is 10.9 Å². The number of thioether (sulfide) groups is 1. The molecule has 5 nitrogen and oxygen atoms in total. The first-order valence-electron chi connectivity index (χ1n) is 8.28. The number of thiazole rings is 1. The molecule has 0 atom stereocenters. The standard InChI is InChI=1S/C19H18N2O3S2/c1-23-13-6-8-15(9-7-13)25-12-18(22)21-10-14(11-21)24-19-20-16-4-2-3-5-17(16)26-19/h2-9,14H,10-12H2,1H3. The molecular formula is C19H18N2O3S2. The minimum atomic E-state index is 0.0329. The lowest BCUT2D eigenvalue weighted by Crippen LogP contribution is -2.56. The molecule has 2 heterocycles. The van der Waals surface area contributed by atoms with E-state index in [0.717, 1.165) is 20.9 Å². The SMILES string of the molecule is COc1ccc(SCC(=O)N2CC(Oc3nc4ccccc4s3)C2)cc1. The van der Waals surface area contributed by atoms with Gasteiger partial charge in [0.05, 0.1) is 36.2 Å². The maximum atomic E-state index is 12.3. The van der Waals surface area contributed by atoms with Gasteiger partial charge < -0.3 is 14.4 Å². The van der Waals surface area contributed by atoms with Crippen molar-refractivity contribution in [3.63, 3.8) is 0 Å². The molecule has 3 aromatic rings. The Hall–Kier alpha value is -2.25. The van der Waals surface area contributed by atoms with Crippen LogP contribution in [-0.4, -0.2) is 47.8 Å². The normalized spacial score (nSPS) is 14.3. The highest BCUT2D eigenvalue weighted by molar-refractivity contribution is 8.00. The van der Waals surface area contributed by atoms with Crippen molar-refractivity contribution in [1.82, 2.24) is 9.88 Å². The second kappa shape index (κ2) is 7.55. The molecule has 1 amide bonds. The van der Waals surface area contributed by atoms with E-state index in [9.17, 15) is 4.79 Å². The highest BCUT2D eigenvalue weighted by Crippen LogP contribution is 2.29. The quantitative estimate of drug-likeness (QED) is 0.605. The Balaban J connectivity index is 1.24. The molecule has 0 N–H and O–H groups in total. The predicted molar refractivity (Wildman–Crippen MR) is 104 cm³/mol. The van der Waals surface area contributed by atoms with E-state index in [1.165, 1.54) is 11.8 Å². The molecule has 0 aliphatic carbocycles. The van der Waals surface area contributed by atoms with Gasteiger partial charge in [0, 0.05) is 4.90 Å². The molecule has 2 aromatic carbocycles. The van der Waals surface area contributed by atoms with Gasteiger partial charge in [0.1, 0.15) is 11.9 Å². The molecule has 0 spiro atoms. The molecule has 0 saturated carbocycles. The summed E-state index contributed by atoms with van der Waals surface area (Å²) in [5, 5.41) is 0.677. The van der Waals surface area contributed by atoms with Crippen molar-refractivity contribution in [3.05, 3.63) is 48.5 Å². The average Bonchev–Trinajstić information content (AvgIpc) is 3.05. The van der Waals surface area contributed by atoms with Gasteiger partial charge in [0.15, 0.2) is 0 Å². The smallest absolute Gasteiger partial charge is 0.274 e. The lowest BCUT2D eigenvalue weighted by Gasteiger charge is -2.38. The van der Waals surface area contributed by atoms with Crippen molar-refractivity contribution < 1.29 is 14.3 Å². The highest BCUT2D eigenvalue weighted by Gasteiger charge is 2.32. The third kappa shape index (κ3) is 3.78. The summed E-state index contributed by atoms with van der Waals surface area (Å²) in [6.45, 7) is 1.25. The number of hydrogen-bond donors (Lipinski definition) is 0. The first-order valence-corrected chi connectivity index (χ1v) is 10.1. The summed E-state index contributed by atoms with van der Waals surface area (Å²) < 4.78 is 12.1. The van der Waals surface area contributed by atoms with Crippen LogP contribution in [0.2, 0.25) is 0 Å². The predicted octanol–water partition coefficient (Wildman–Crippen LogP) is 3.69. The van der Waals surface area contributed by atoms with E-state index < -0.39 is 0 Å². The summed E-state index contributed by atoms with van der Waals surface area (Å²) in [5.41, 5.74) is 0.954. The van der Waals surface area contributed by atoms with Crippen LogP contribution in [0, 0.1) is 0 Å². The lowest BCUT2D eigenvalue weighted by atomic mass is 10.2. The molecule has 4 rings (SSSR count). The van der Waals surface area contributed by atoms with Crippen molar-refractivity contribution in [2.24, 2.45) is 0 Å². The minimum absolute atomic E-state index is 0.0329. The van der Waals surface area contributed by atoms with Gasteiger partial charge in [-0.2, -0.15) is 0 Å². The van der Waals surface area contributed by atoms with Crippen molar-refractivity contribution in [2.75, 3.05) is 26.0 Å². The van der Waals surface area contributed by atoms with Crippen molar-refractivity contribution >= 4 is 39.2 Å². The number of fused-ring (bicyclic) bond motifs is 1. The molecule has 1 saturated heterocycles. The summed E-state index contributed by atoms with van der Waals surface area (Å²) in [7, 11) is 1.64. The fourth-order valence-corrected chi connectivity index (χ4v) is 4.35. The molecule has 0 unspecified atom stereocenters. The van der Waals surface area contributed by atoms with Gasteiger partial charge in [0.2, 0.25) is 5.91 Å². The number of rotatable bonds is 6. The van der Waals surface area contributed by atoms with Crippen LogP contribution in [0.15, 0.2) is 53.4 Å². The van der Waals surface area contributed by atoms with Gasteiger partial charge in [-0.25, -0.2) is 4.98 Å². The fourth-order valence-electron chi connectivity index (χ4n) is 2.67. The molecule has 1 aliphatic heterocycles. The van der Waals surface area contributed by atoms with E-state index in [2.05, 4.69) is 4.98 Å². The molecule has 7 heteroatoms. The van der Waals surface area contributed by atoms with Crippen molar-refractivity contribution in [1.29, 1.82) is 0 Å². The van der Waals surface area contributed by atoms with Crippen molar-refractivity contribution in [2.45, 2.75) is 11.0 Å². The van der Waals surface area contributed by atoms with Gasteiger partial charge >= 0.3 is 0 Å². The molecular weight excluding hydrogens is 368 g/mol. The molecule has 1 aliphatic rings. The van der Waals surface area contributed by atoms with E-state index in [-0.39, 0.29) is 12.0 Å². The number of amides is 1. The Morgan fingerprint density at radius 1 is 1.23 bits per heavy atom. The molecule has 1 aromatic heterocycles. The first-order chi connectivity index (χ1) is 12.7. The third-order valence-electron chi connectivity index (χ3n) is 4.16. The minimum Gasteiger partial charge on any atom is -0.497 e. The second-order valence-corrected chi connectivity index (χ2v) is 7.99. The largest absolute Gasteiger partial charge is 0.497 e. The van der Waals surface area contributed by atoms with E-state index in [0.29, 0.717) is 24.0 Å². The summed E-state index contributed by atoms with van der Waals surface area (Å²) >= 11 is 3.08. The number of aromatic nitrogens is 1. The van der Waals surface area contributed by atoms with Gasteiger partial charge in [-0.3, -0.25) is 4.79 Å². The molecule has 1 fully saturated rings. The molecule has 26 heavy (non-hydrogen) atoms. The van der Waals surface area contributed by atoms with E-state index >= 15 is 0 Å². The van der Waals surface area contributed by atoms with Crippen LogP contribution in [0.5, 0.6) is 10.9 Å². The maximum Gasteiger partial charge on any atom is 0.274 e. The Labute approximate surface area is 159 Å². The zero-order chi connectivity index (χ0) is 17.9. The van der Waals surface area contributed by atoms with Gasteiger partial charge in [-0.1, -0.05) is 23.5 Å². The zero-order valence-electron chi connectivity index (χ0n) is 14.3. The number of nitrogens with zero attached hydrogens (tertiary/aromatic N) is 2. The van der Waals surface area contributed by atoms with Gasteiger partial charge in [-0.05, 0) is 36.4 Å². The van der Waals surface area contributed by atoms with Gasteiger partial charge in [0.25, 0.3) is 5.19 Å². The number of para-hydroxylation sites is 1. The topological polar surface area (TPSA) is 51.7 Å². The van der Waals surface area contributed by atoms with Gasteiger partial charge in [-0.15, -0.1) is 11.8 Å². The number of carbonyl (C=O) groups excluding carboxylic acids is 1. The lowest BCUT2D eigenvalue weighted by molar-refractivity contribution is -0.136. The summed E-state index contributed by atoms with van der Waals surface area (Å²) in [6.07, 6.45) is 0.0329. The highest BCUT2D eigenvalue weighted by atomic mass is 32.2. The second-order valence-electron chi connectivity index (χ2n) is 5.95. The monoisotopic (exact) mass is 386 g/mol. The van der Waals surface area contributed by atoms with Crippen LogP contribution in [0.3, 0.4) is 0 Å². The van der Waals surface area contributed by atoms with Crippen LogP contribution in [0.1, 0.15) is 0 Å². The third-order valence-corrected chi connectivity index (χ3v) is 6.09. The maximum absolute atomic E-state index is 12.3. The number of hydrogen-bond acceptors (Lipinski definition) is 6. The average molecular weight is 386 g/mol. The van der Waals surface area contributed by atoms with Crippen LogP contribution in [0.4, 0.5) is 0 Å². The fraction of sp³-hybridized carbons (Fsp3) is 0.263. The number of methoxy groups -OCH3 is 1. The number of ether oxygens (including phenoxy) is 2. The van der Waals surface area contributed by atoms with E-state index in [1.54, 1.807) is 18.4 Å². The van der Waals surface area contributed by atoms with Crippen LogP contribution in [0.25, 0.3) is 10.2 Å². The van der Waals surface area contributed by atoms with Crippen LogP contribution in [-0.2, 0) is 4.79 Å². The Morgan fingerprint density at radius 2 is 2.00 bits per heavy atom. The summed E-state index contributed by atoms with van der Waals surface area (Å²) in [5.74, 6) is 1.38. The molecule has 134 valence electrons. The summed E-state index contributed by atoms with van der Waals surface area (Å²) in [4.78, 5) is 19.6. The Bertz CT molecular complexity index is 872. The number of likely N-dealkylation sites (tertiary alicyclic amines) is 1. The van der Waals surface area contributed by atoms with Crippen LogP contribution >= 0.6 is 23.1 Å². The molecule has 0 radical (unpaired) electrons.